The Morgan fingerprint density at radius 2 is 1.78 bits per heavy atom. The third kappa shape index (κ3) is 2.83. The first-order valence-corrected chi connectivity index (χ1v) is 8.37. The number of alkyl halides is 1. The molecule has 3 rings (SSSR count). The lowest BCUT2D eigenvalue weighted by Crippen LogP contribution is -2.41. The third-order valence-corrected chi connectivity index (χ3v) is 5.75. The summed E-state index contributed by atoms with van der Waals surface area (Å²) in [6.07, 6.45) is 0.108. The molecule has 0 bridgehead atoms. The Balaban J connectivity index is 1.94. The van der Waals surface area contributed by atoms with Gasteiger partial charge in [-0.3, -0.25) is 0 Å². The number of rotatable bonds is 2. The van der Waals surface area contributed by atoms with Gasteiger partial charge in [-0.15, -0.1) is 0 Å². The van der Waals surface area contributed by atoms with Gasteiger partial charge in [0.1, 0.15) is 6.17 Å². The summed E-state index contributed by atoms with van der Waals surface area (Å²) in [4.78, 5) is 0. The molecule has 1 saturated heterocycles. The second-order valence-corrected chi connectivity index (χ2v) is 8.03. The zero-order valence-electron chi connectivity index (χ0n) is 14.6. The van der Waals surface area contributed by atoms with Crippen molar-refractivity contribution >= 4 is 12.6 Å². The van der Waals surface area contributed by atoms with E-state index in [1.807, 2.05) is 52.8 Å². The van der Waals surface area contributed by atoms with Crippen LogP contribution in [0, 0.1) is 6.92 Å². The molecule has 0 radical (unpaired) electrons. The van der Waals surface area contributed by atoms with Crippen LogP contribution in [-0.4, -0.2) is 29.6 Å². The van der Waals surface area contributed by atoms with Crippen molar-refractivity contribution in [2.24, 2.45) is 0 Å². The van der Waals surface area contributed by atoms with Crippen molar-refractivity contribution in [3.05, 3.63) is 29.3 Å². The lowest BCUT2D eigenvalue weighted by Gasteiger charge is -2.32. The first-order valence-electron chi connectivity index (χ1n) is 8.37. The molecule has 126 valence electrons. The molecule has 1 aliphatic heterocycles. The van der Waals surface area contributed by atoms with Gasteiger partial charge in [0.15, 0.2) is 0 Å². The number of halogens is 1. The van der Waals surface area contributed by atoms with Crippen LogP contribution in [-0.2, 0) is 14.9 Å². The molecule has 3 nitrogen and oxygen atoms in total. The number of aryl methyl sites for hydroxylation is 1. The Morgan fingerprint density at radius 3 is 2.30 bits per heavy atom. The minimum atomic E-state index is -1.08. The van der Waals surface area contributed by atoms with Crippen LogP contribution < -0.4 is 5.46 Å². The van der Waals surface area contributed by atoms with E-state index < -0.39 is 30.1 Å². The van der Waals surface area contributed by atoms with Crippen LogP contribution >= 0.6 is 0 Å². The predicted molar refractivity (Wildman–Crippen MR) is 89.5 cm³/mol. The van der Waals surface area contributed by atoms with Crippen LogP contribution in [0.3, 0.4) is 0 Å². The average Bonchev–Trinajstić information content (AvgIpc) is 2.88. The Labute approximate surface area is 138 Å². The molecule has 23 heavy (non-hydrogen) atoms. The first kappa shape index (κ1) is 16.9. The summed E-state index contributed by atoms with van der Waals surface area (Å²) in [5.74, 6) is 0. The summed E-state index contributed by atoms with van der Waals surface area (Å²) < 4.78 is 25.8. The predicted octanol–water partition coefficient (Wildman–Crippen LogP) is 3.00. The van der Waals surface area contributed by atoms with Gasteiger partial charge in [-0.05, 0) is 58.5 Å². The summed E-state index contributed by atoms with van der Waals surface area (Å²) in [7, 11) is -0.467. The van der Waals surface area contributed by atoms with E-state index in [1.165, 1.54) is 0 Å². The quantitative estimate of drug-likeness (QED) is 0.852. The van der Waals surface area contributed by atoms with Gasteiger partial charge >= 0.3 is 7.12 Å². The van der Waals surface area contributed by atoms with E-state index in [9.17, 15) is 9.50 Å². The average molecular weight is 320 g/mol. The summed E-state index contributed by atoms with van der Waals surface area (Å²) in [6.45, 7) is 10.1. The number of hydrogen-bond acceptors (Lipinski definition) is 3. The molecule has 2 fully saturated rings. The van der Waals surface area contributed by atoms with Crippen molar-refractivity contribution in [3.8, 4) is 0 Å². The molecule has 1 N–H and O–H groups in total. The summed E-state index contributed by atoms with van der Waals surface area (Å²) in [5.41, 5.74) is 0.824. The fourth-order valence-electron chi connectivity index (χ4n) is 3.38. The van der Waals surface area contributed by atoms with Gasteiger partial charge < -0.3 is 14.4 Å². The highest BCUT2D eigenvalue weighted by molar-refractivity contribution is 6.62. The van der Waals surface area contributed by atoms with Crippen molar-refractivity contribution in [2.75, 3.05) is 0 Å². The van der Waals surface area contributed by atoms with Crippen LogP contribution in [0.15, 0.2) is 18.2 Å². The topological polar surface area (TPSA) is 38.7 Å². The van der Waals surface area contributed by atoms with Crippen molar-refractivity contribution in [2.45, 2.75) is 76.9 Å². The molecular weight excluding hydrogens is 294 g/mol. The number of hydrogen-bond donors (Lipinski definition) is 1. The van der Waals surface area contributed by atoms with E-state index in [1.54, 1.807) is 0 Å². The fourth-order valence-corrected chi connectivity index (χ4v) is 3.38. The Morgan fingerprint density at radius 1 is 1.17 bits per heavy atom. The van der Waals surface area contributed by atoms with E-state index in [0.29, 0.717) is 12.8 Å². The molecule has 1 aliphatic carbocycles. The summed E-state index contributed by atoms with van der Waals surface area (Å²) in [5, 5.41) is 10.8. The zero-order valence-corrected chi connectivity index (χ0v) is 14.6. The highest BCUT2D eigenvalue weighted by Gasteiger charge is 2.52. The van der Waals surface area contributed by atoms with Gasteiger partial charge in [-0.25, -0.2) is 4.39 Å². The number of benzene rings is 1. The van der Waals surface area contributed by atoms with E-state index in [2.05, 4.69) is 0 Å². The molecule has 2 atom stereocenters. The maximum Gasteiger partial charge on any atom is 0.495 e. The second kappa shape index (κ2) is 5.30. The van der Waals surface area contributed by atoms with Gasteiger partial charge in [-0.1, -0.05) is 23.8 Å². The normalized spacial score (nSPS) is 32.5. The van der Waals surface area contributed by atoms with Crippen molar-refractivity contribution in [1.82, 2.24) is 0 Å². The molecule has 1 aromatic rings. The fraction of sp³-hybridized carbons (Fsp3) is 0.667. The molecule has 2 unspecified atom stereocenters. The molecule has 1 saturated carbocycles. The smallest absolute Gasteiger partial charge is 0.399 e. The van der Waals surface area contributed by atoms with Crippen LogP contribution in [0.4, 0.5) is 4.39 Å². The monoisotopic (exact) mass is 320 g/mol. The molecule has 0 spiro atoms. The Kier molecular flexibility index (Phi) is 3.90. The van der Waals surface area contributed by atoms with E-state index in [-0.39, 0.29) is 6.42 Å². The van der Waals surface area contributed by atoms with Gasteiger partial charge in [0, 0.05) is 6.42 Å². The minimum Gasteiger partial charge on any atom is -0.399 e. The second-order valence-electron chi connectivity index (χ2n) is 8.03. The molecule has 5 heteroatoms. The van der Waals surface area contributed by atoms with Gasteiger partial charge in [0.05, 0.1) is 16.8 Å². The van der Waals surface area contributed by atoms with Crippen LogP contribution in [0.2, 0.25) is 0 Å². The third-order valence-electron chi connectivity index (χ3n) is 5.75. The van der Waals surface area contributed by atoms with Crippen LogP contribution in [0.25, 0.3) is 0 Å². The van der Waals surface area contributed by atoms with Gasteiger partial charge in [0.25, 0.3) is 0 Å². The van der Waals surface area contributed by atoms with Crippen LogP contribution in [0.5, 0.6) is 0 Å². The SMILES string of the molecule is Cc1ccc(C2(O)CCC(F)C2)cc1B1OC(C)(C)C(C)(C)O1. The summed E-state index contributed by atoms with van der Waals surface area (Å²) >= 11 is 0. The van der Waals surface area contributed by atoms with E-state index in [4.69, 9.17) is 9.31 Å². The lowest BCUT2D eigenvalue weighted by molar-refractivity contribution is 0.00578. The van der Waals surface area contributed by atoms with Crippen molar-refractivity contribution < 1.29 is 18.8 Å². The summed E-state index contributed by atoms with van der Waals surface area (Å²) in [6, 6.07) is 5.77. The van der Waals surface area contributed by atoms with Gasteiger partial charge in [0.2, 0.25) is 0 Å². The molecule has 0 aromatic heterocycles. The maximum absolute atomic E-state index is 13.6. The Hall–Kier alpha value is -0.905. The first-order chi connectivity index (χ1) is 10.5. The van der Waals surface area contributed by atoms with Crippen LogP contribution in [0.1, 0.15) is 58.1 Å². The molecule has 0 amide bonds. The largest absolute Gasteiger partial charge is 0.495 e. The van der Waals surface area contributed by atoms with Gasteiger partial charge in [-0.2, -0.15) is 0 Å². The highest BCUT2D eigenvalue weighted by atomic mass is 19.1. The lowest BCUT2D eigenvalue weighted by atomic mass is 9.74. The van der Waals surface area contributed by atoms with E-state index >= 15 is 0 Å². The van der Waals surface area contributed by atoms with E-state index in [0.717, 1.165) is 16.6 Å². The standard InChI is InChI=1S/C18H26BFO3/c1-12-6-7-13(18(21)9-8-14(20)11-18)10-15(12)19-22-16(2,3)17(4,5)23-19/h6-7,10,14,21H,8-9,11H2,1-5H3. The zero-order chi connectivity index (χ0) is 17.0. The minimum absolute atomic E-state index is 0.166. The maximum atomic E-state index is 13.6. The van der Waals surface area contributed by atoms with Crippen molar-refractivity contribution in [3.63, 3.8) is 0 Å². The Bertz CT molecular complexity index is 600. The molecular formula is C18H26BFO3. The molecule has 1 heterocycles. The molecule has 1 aromatic carbocycles. The van der Waals surface area contributed by atoms with Crippen molar-refractivity contribution in [1.29, 1.82) is 0 Å². The number of aliphatic hydroxyl groups is 1. The molecule has 2 aliphatic rings. The highest BCUT2D eigenvalue weighted by Crippen LogP contribution is 2.41.